The molecule has 2 rings (SSSR count). The van der Waals surface area contributed by atoms with Crippen molar-refractivity contribution in [2.75, 3.05) is 5.32 Å². The third kappa shape index (κ3) is 4.81. The smallest absolute Gasteiger partial charge is 0.407 e. The molecular weight excluding hydrogens is 288 g/mol. The minimum absolute atomic E-state index is 0.179. The molecule has 1 aromatic carbocycles. The second-order valence-electron chi connectivity index (χ2n) is 6.62. The predicted octanol–water partition coefficient (Wildman–Crippen LogP) is 4.12. The highest BCUT2D eigenvalue weighted by Gasteiger charge is 2.31. The monoisotopic (exact) mass is 310 g/mol. The maximum Gasteiger partial charge on any atom is 0.407 e. The molecular formula is C16H23ClN2O2. The zero-order valence-corrected chi connectivity index (χ0v) is 13.8. The molecule has 4 nitrogen and oxygen atoms in total. The van der Waals surface area contributed by atoms with Gasteiger partial charge >= 0.3 is 6.09 Å². The van der Waals surface area contributed by atoms with E-state index in [0.29, 0.717) is 6.04 Å². The lowest BCUT2D eigenvalue weighted by atomic mass is 9.86. The standard InChI is InChI=1S/C16H23ClN2O2/c1-10-5-6-11(9-14(10)17)18-12-7-13(8-12)19-15(20)21-16(2,3)4/h5-6,9,12-13,18H,7-8H2,1-4H3,(H,19,20). The lowest BCUT2D eigenvalue weighted by Crippen LogP contribution is -2.50. The molecule has 0 atom stereocenters. The minimum atomic E-state index is -0.454. The molecule has 1 aromatic rings. The van der Waals surface area contributed by atoms with Crippen LogP contribution in [0, 0.1) is 6.92 Å². The Bertz CT molecular complexity index is 519. The second-order valence-corrected chi connectivity index (χ2v) is 7.03. The van der Waals surface area contributed by atoms with Crippen LogP contribution in [0.15, 0.2) is 18.2 Å². The molecule has 0 heterocycles. The van der Waals surface area contributed by atoms with E-state index in [2.05, 4.69) is 10.6 Å². The van der Waals surface area contributed by atoms with Gasteiger partial charge in [-0.2, -0.15) is 0 Å². The number of nitrogens with one attached hydrogen (secondary N) is 2. The van der Waals surface area contributed by atoms with Gasteiger partial charge in [0, 0.05) is 22.8 Å². The number of anilines is 1. The van der Waals surface area contributed by atoms with Crippen LogP contribution in [0.4, 0.5) is 10.5 Å². The summed E-state index contributed by atoms with van der Waals surface area (Å²) in [6.45, 7) is 7.56. The Hall–Kier alpha value is -1.42. The van der Waals surface area contributed by atoms with Crippen LogP contribution in [-0.2, 0) is 4.74 Å². The van der Waals surface area contributed by atoms with Gasteiger partial charge in [-0.05, 0) is 58.2 Å². The van der Waals surface area contributed by atoms with Gasteiger partial charge in [-0.15, -0.1) is 0 Å². The van der Waals surface area contributed by atoms with Gasteiger partial charge in [-0.1, -0.05) is 17.7 Å². The van der Waals surface area contributed by atoms with Crippen molar-refractivity contribution in [3.05, 3.63) is 28.8 Å². The van der Waals surface area contributed by atoms with Crippen molar-refractivity contribution in [1.29, 1.82) is 0 Å². The zero-order valence-electron chi connectivity index (χ0n) is 13.0. The van der Waals surface area contributed by atoms with E-state index in [4.69, 9.17) is 16.3 Å². The van der Waals surface area contributed by atoms with Gasteiger partial charge in [0.2, 0.25) is 0 Å². The largest absolute Gasteiger partial charge is 0.444 e. The van der Waals surface area contributed by atoms with Gasteiger partial charge in [0.1, 0.15) is 5.60 Å². The first-order chi connectivity index (χ1) is 9.73. The van der Waals surface area contributed by atoms with Crippen LogP contribution in [0.3, 0.4) is 0 Å². The highest BCUT2D eigenvalue weighted by Crippen LogP contribution is 2.27. The van der Waals surface area contributed by atoms with Gasteiger partial charge in [-0.3, -0.25) is 0 Å². The summed E-state index contributed by atoms with van der Waals surface area (Å²) in [5.74, 6) is 0. The Labute approximate surface area is 131 Å². The number of amides is 1. The third-order valence-electron chi connectivity index (χ3n) is 3.40. The molecule has 0 aromatic heterocycles. The number of hydrogen-bond donors (Lipinski definition) is 2. The topological polar surface area (TPSA) is 50.4 Å². The second kappa shape index (κ2) is 6.14. The van der Waals surface area contributed by atoms with Gasteiger partial charge in [0.15, 0.2) is 0 Å². The van der Waals surface area contributed by atoms with E-state index in [1.807, 2.05) is 45.9 Å². The van der Waals surface area contributed by atoms with Crippen LogP contribution in [0.5, 0.6) is 0 Å². The van der Waals surface area contributed by atoms with Crippen LogP contribution >= 0.6 is 11.6 Å². The molecule has 0 unspecified atom stereocenters. The number of benzene rings is 1. The number of ether oxygens (including phenoxy) is 1. The number of alkyl carbamates (subject to hydrolysis) is 1. The van der Waals surface area contributed by atoms with E-state index < -0.39 is 5.60 Å². The molecule has 21 heavy (non-hydrogen) atoms. The van der Waals surface area contributed by atoms with Gasteiger partial charge in [0.25, 0.3) is 0 Å². The molecule has 0 spiro atoms. The molecule has 1 fully saturated rings. The van der Waals surface area contributed by atoms with Crippen molar-refractivity contribution in [1.82, 2.24) is 5.32 Å². The van der Waals surface area contributed by atoms with Crippen molar-refractivity contribution >= 4 is 23.4 Å². The minimum Gasteiger partial charge on any atom is -0.444 e. The SMILES string of the molecule is Cc1ccc(NC2CC(NC(=O)OC(C)(C)C)C2)cc1Cl. The highest BCUT2D eigenvalue weighted by atomic mass is 35.5. The fraction of sp³-hybridized carbons (Fsp3) is 0.562. The summed E-state index contributed by atoms with van der Waals surface area (Å²) in [6, 6.07) is 6.50. The quantitative estimate of drug-likeness (QED) is 0.883. The van der Waals surface area contributed by atoms with E-state index >= 15 is 0 Å². The van der Waals surface area contributed by atoms with Crippen LogP contribution < -0.4 is 10.6 Å². The van der Waals surface area contributed by atoms with E-state index in [1.54, 1.807) is 0 Å². The van der Waals surface area contributed by atoms with Gasteiger partial charge in [-0.25, -0.2) is 4.79 Å². The maximum absolute atomic E-state index is 11.6. The van der Waals surface area contributed by atoms with Crippen LogP contribution in [-0.4, -0.2) is 23.8 Å². The average Bonchev–Trinajstić information content (AvgIpc) is 2.28. The van der Waals surface area contributed by atoms with E-state index in [9.17, 15) is 4.79 Å². The Morgan fingerprint density at radius 2 is 1.95 bits per heavy atom. The van der Waals surface area contributed by atoms with Crippen molar-refractivity contribution in [3.63, 3.8) is 0 Å². The number of hydrogen-bond acceptors (Lipinski definition) is 3. The number of rotatable bonds is 3. The number of aryl methyl sites for hydroxylation is 1. The molecule has 1 aliphatic carbocycles. The molecule has 0 saturated heterocycles. The summed E-state index contributed by atoms with van der Waals surface area (Å²) in [5, 5.41) is 7.07. The van der Waals surface area contributed by atoms with Gasteiger partial charge < -0.3 is 15.4 Å². The fourth-order valence-corrected chi connectivity index (χ4v) is 2.43. The summed E-state index contributed by atoms with van der Waals surface area (Å²) in [7, 11) is 0. The Balaban J connectivity index is 1.74. The van der Waals surface area contributed by atoms with Crippen LogP contribution in [0.25, 0.3) is 0 Å². The molecule has 1 amide bonds. The summed E-state index contributed by atoms with van der Waals surface area (Å²) in [6.07, 6.45) is 1.44. The van der Waals surface area contributed by atoms with Crippen molar-refractivity contribution in [2.45, 2.75) is 58.2 Å². The molecule has 0 aliphatic heterocycles. The Kier molecular flexibility index (Phi) is 4.67. The van der Waals surface area contributed by atoms with Gasteiger partial charge in [0.05, 0.1) is 0 Å². The number of carbonyl (C=O) groups excluding carboxylic acids is 1. The molecule has 1 aliphatic rings. The predicted molar refractivity (Wildman–Crippen MR) is 86.0 cm³/mol. The van der Waals surface area contributed by atoms with E-state index in [1.165, 1.54) is 0 Å². The zero-order chi connectivity index (χ0) is 15.6. The molecule has 0 bridgehead atoms. The van der Waals surface area contributed by atoms with Crippen LogP contribution in [0.1, 0.15) is 39.2 Å². The number of halogens is 1. The number of carbonyl (C=O) groups is 1. The summed E-state index contributed by atoms with van der Waals surface area (Å²) < 4.78 is 5.24. The fourth-order valence-electron chi connectivity index (χ4n) is 2.25. The molecule has 5 heteroatoms. The average molecular weight is 311 g/mol. The Morgan fingerprint density at radius 3 is 2.52 bits per heavy atom. The lowest BCUT2D eigenvalue weighted by molar-refractivity contribution is 0.0475. The van der Waals surface area contributed by atoms with E-state index in [-0.39, 0.29) is 12.1 Å². The maximum atomic E-state index is 11.6. The van der Waals surface area contributed by atoms with Crippen molar-refractivity contribution in [2.24, 2.45) is 0 Å². The summed E-state index contributed by atoms with van der Waals surface area (Å²) in [4.78, 5) is 11.6. The molecule has 1 saturated carbocycles. The Morgan fingerprint density at radius 1 is 1.29 bits per heavy atom. The third-order valence-corrected chi connectivity index (χ3v) is 3.81. The van der Waals surface area contributed by atoms with Crippen molar-refractivity contribution < 1.29 is 9.53 Å². The first-order valence-corrected chi connectivity index (χ1v) is 7.63. The molecule has 0 radical (unpaired) electrons. The molecule has 2 N–H and O–H groups in total. The van der Waals surface area contributed by atoms with E-state index in [0.717, 1.165) is 29.1 Å². The summed E-state index contributed by atoms with van der Waals surface area (Å²) >= 11 is 6.10. The normalized spacial score (nSPS) is 21.4. The molecule has 116 valence electrons. The lowest BCUT2D eigenvalue weighted by Gasteiger charge is -2.37. The summed E-state index contributed by atoms with van der Waals surface area (Å²) in [5.41, 5.74) is 1.64. The van der Waals surface area contributed by atoms with Crippen molar-refractivity contribution in [3.8, 4) is 0 Å². The van der Waals surface area contributed by atoms with Crippen LogP contribution in [0.2, 0.25) is 5.02 Å². The highest BCUT2D eigenvalue weighted by molar-refractivity contribution is 6.31. The first kappa shape index (κ1) is 16.0. The first-order valence-electron chi connectivity index (χ1n) is 7.25.